The third-order valence-corrected chi connectivity index (χ3v) is 3.68. The molecule has 5 heteroatoms. The van der Waals surface area contributed by atoms with Crippen molar-refractivity contribution in [2.45, 2.75) is 25.1 Å². The summed E-state index contributed by atoms with van der Waals surface area (Å²) >= 11 is 1.45. The molecule has 0 fully saturated rings. The Morgan fingerprint density at radius 3 is 2.63 bits per heavy atom. The van der Waals surface area contributed by atoms with Gasteiger partial charge in [0, 0.05) is 11.8 Å². The second kappa shape index (κ2) is 8.58. The Balaban J connectivity index is 2.19. The minimum absolute atomic E-state index is 0.0226. The number of thioether (sulfide) groups is 1. The summed E-state index contributed by atoms with van der Waals surface area (Å²) in [7, 11) is 1.37. The van der Waals surface area contributed by atoms with Crippen LogP contribution >= 0.6 is 11.8 Å². The van der Waals surface area contributed by atoms with Crippen molar-refractivity contribution in [2.75, 3.05) is 12.9 Å². The van der Waals surface area contributed by atoms with Gasteiger partial charge in [-0.2, -0.15) is 0 Å². The van der Waals surface area contributed by atoms with Crippen LogP contribution in [0.15, 0.2) is 30.3 Å². The Bertz CT molecular complexity index is 408. The molecule has 1 aromatic rings. The van der Waals surface area contributed by atoms with E-state index in [0.717, 1.165) is 5.56 Å². The summed E-state index contributed by atoms with van der Waals surface area (Å²) in [6.07, 6.45) is 0.327. The number of carbonyl (C=O) groups is 2. The van der Waals surface area contributed by atoms with Crippen LogP contribution in [0.4, 0.5) is 0 Å². The van der Waals surface area contributed by atoms with E-state index < -0.39 is 0 Å². The molecule has 0 bridgehead atoms. The molecule has 0 aliphatic carbocycles. The lowest BCUT2D eigenvalue weighted by Gasteiger charge is -2.10. The Kier molecular flexibility index (Phi) is 7.03. The fourth-order valence-electron chi connectivity index (χ4n) is 1.44. The molecular weight excluding hydrogens is 262 g/mol. The highest BCUT2D eigenvalue weighted by molar-refractivity contribution is 8.00. The van der Waals surface area contributed by atoms with E-state index in [0.29, 0.717) is 18.7 Å². The number of hydrogen-bond donors (Lipinski definition) is 1. The van der Waals surface area contributed by atoms with E-state index in [4.69, 9.17) is 0 Å². The van der Waals surface area contributed by atoms with Gasteiger partial charge in [0.05, 0.1) is 19.3 Å². The van der Waals surface area contributed by atoms with E-state index in [-0.39, 0.29) is 17.1 Å². The number of amides is 1. The first kappa shape index (κ1) is 15.6. The summed E-state index contributed by atoms with van der Waals surface area (Å²) in [5, 5.41) is 2.92. The monoisotopic (exact) mass is 281 g/mol. The summed E-state index contributed by atoms with van der Waals surface area (Å²) in [6, 6.07) is 9.75. The standard InChI is InChI=1S/C14H19NO3S/c1-11(8-14(17)18-2)19-10-13(16)15-9-12-6-4-3-5-7-12/h3-7,11H,8-10H2,1-2H3,(H,15,16). The Hall–Kier alpha value is -1.49. The molecular formula is C14H19NO3S. The van der Waals surface area contributed by atoms with Crippen molar-refractivity contribution in [1.29, 1.82) is 0 Å². The van der Waals surface area contributed by atoms with E-state index >= 15 is 0 Å². The Morgan fingerprint density at radius 2 is 2.00 bits per heavy atom. The summed E-state index contributed by atoms with van der Waals surface area (Å²) in [5.41, 5.74) is 1.07. The quantitative estimate of drug-likeness (QED) is 0.777. The zero-order valence-electron chi connectivity index (χ0n) is 11.2. The van der Waals surface area contributed by atoms with E-state index in [1.807, 2.05) is 37.3 Å². The van der Waals surface area contributed by atoms with E-state index in [1.54, 1.807) is 0 Å². The molecule has 1 atom stereocenters. The number of hydrogen-bond acceptors (Lipinski definition) is 4. The average molecular weight is 281 g/mol. The second-order valence-electron chi connectivity index (χ2n) is 4.16. The van der Waals surface area contributed by atoms with Gasteiger partial charge in [0.2, 0.25) is 5.91 Å². The fraction of sp³-hybridized carbons (Fsp3) is 0.429. The zero-order valence-corrected chi connectivity index (χ0v) is 12.0. The van der Waals surface area contributed by atoms with E-state index in [9.17, 15) is 9.59 Å². The first-order valence-electron chi connectivity index (χ1n) is 6.11. The molecule has 0 aliphatic rings. The second-order valence-corrected chi connectivity index (χ2v) is 5.59. The van der Waals surface area contributed by atoms with Gasteiger partial charge >= 0.3 is 5.97 Å². The highest BCUT2D eigenvalue weighted by Gasteiger charge is 2.11. The van der Waals surface area contributed by atoms with Crippen LogP contribution in [0.5, 0.6) is 0 Å². The minimum Gasteiger partial charge on any atom is -0.469 e. The van der Waals surface area contributed by atoms with Crippen LogP contribution in [-0.4, -0.2) is 30.0 Å². The van der Waals surface area contributed by atoms with Crippen LogP contribution in [0.2, 0.25) is 0 Å². The first-order valence-corrected chi connectivity index (χ1v) is 7.15. The highest BCUT2D eigenvalue weighted by Crippen LogP contribution is 2.14. The summed E-state index contributed by atoms with van der Waals surface area (Å²) in [6.45, 7) is 2.44. The normalized spacial score (nSPS) is 11.7. The molecule has 0 heterocycles. The molecule has 0 saturated carbocycles. The lowest BCUT2D eigenvalue weighted by molar-refractivity contribution is -0.140. The van der Waals surface area contributed by atoms with Crippen LogP contribution in [0, 0.1) is 0 Å². The summed E-state index contributed by atoms with van der Waals surface area (Å²) in [5.74, 6) is 0.0839. The SMILES string of the molecule is COC(=O)CC(C)SCC(=O)NCc1ccccc1. The van der Waals surface area contributed by atoms with Crippen molar-refractivity contribution < 1.29 is 14.3 Å². The van der Waals surface area contributed by atoms with Gasteiger partial charge in [-0.05, 0) is 5.56 Å². The number of methoxy groups -OCH3 is 1. The van der Waals surface area contributed by atoms with Crippen molar-refractivity contribution in [3.05, 3.63) is 35.9 Å². The average Bonchev–Trinajstić information content (AvgIpc) is 2.43. The molecule has 0 saturated heterocycles. The van der Waals surface area contributed by atoms with Gasteiger partial charge in [-0.1, -0.05) is 37.3 Å². The number of nitrogens with one attached hydrogen (secondary N) is 1. The van der Waals surface area contributed by atoms with Crippen LogP contribution in [0.25, 0.3) is 0 Å². The van der Waals surface area contributed by atoms with Gasteiger partial charge in [0.15, 0.2) is 0 Å². The summed E-state index contributed by atoms with van der Waals surface area (Å²) in [4.78, 5) is 22.7. The molecule has 0 aliphatic heterocycles. The lowest BCUT2D eigenvalue weighted by atomic mass is 10.2. The molecule has 0 radical (unpaired) electrons. The van der Waals surface area contributed by atoms with Gasteiger partial charge < -0.3 is 10.1 Å². The topological polar surface area (TPSA) is 55.4 Å². The molecule has 1 aromatic carbocycles. The van der Waals surface area contributed by atoms with E-state index in [2.05, 4.69) is 10.1 Å². The van der Waals surface area contributed by atoms with E-state index in [1.165, 1.54) is 18.9 Å². The minimum atomic E-state index is -0.246. The van der Waals surface area contributed by atoms with Crippen LogP contribution < -0.4 is 5.32 Å². The maximum atomic E-state index is 11.6. The molecule has 1 unspecified atom stereocenters. The van der Waals surface area contributed by atoms with Gasteiger partial charge in [0.25, 0.3) is 0 Å². The molecule has 104 valence electrons. The molecule has 0 spiro atoms. The third kappa shape index (κ3) is 6.86. The van der Waals surface area contributed by atoms with Crippen molar-refractivity contribution in [3.8, 4) is 0 Å². The van der Waals surface area contributed by atoms with Crippen LogP contribution in [-0.2, 0) is 20.9 Å². The fourth-order valence-corrected chi connectivity index (χ4v) is 2.23. The number of benzene rings is 1. The predicted octanol–water partition coefficient (Wildman–Crippen LogP) is 1.99. The van der Waals surface area contributed by atoms with Crippen molar-refractivity contribution in [1.82, 2.24) is 5.32 Å². The lowest BCUT2D eigenvalue weighted by Crippen LogP contribution is -2.25. The Morgan fingerprint density at radius 1 is 1.32 bits per heavy atom. The zero-order chi connectivity index (χ0) is 14.1. The molecule has 4 nitrogen and oxygen atoms in total. The molecule has 1 rings (SSSR count). The summed E-state index contributed by atoms with van der Waals surface area (Å²) < 4.78 is 4.58. The van der Waals surface area contributed by atoms with Crippen molar-refractivity contribution >= 4 is 23.6 Å². The third-order valence-electron chi connectivity index (χ3n) is 2.51. The number of esters is 1. The molecule has 19 heavy (non-hydrogen) atoms. The van der Waals surface area contributed by atoms with Gasteiger partial charge in [0.1, 0.15) is 0 Å². The highest BCUT2D eigenvalue weighted by atomic mass is 32.2. The number of carbonyl (C=O) groups excluding carboxylic acids is 2. The molecule has 0 aromatic heterocycles. The number of rotatable bonds is 7. The van der Waals surface area contributed by atoms with Crippen molar-refractivity contribution in [2.24, 2.45) is 0 Å². The smallest absolute Gasteiger partial charge is 0.306 e. The largest absolute Gasteiger partial charge is 0.469 e. The van der Waals surface area contributed by atoms with Crippen LogP contribution in [0.1, 0.15) is 18.9 Å². The van der Waals surface area contributed by atoms with Gasteiger partial charge in [-0.15, -0.1) is 11.8 Å². The van der Waals surface area contributed by atoms with Gasteiger partial charge in [-0.25, -0.2) is 0 Å². The number of ether oxygens (including phenoxy) is 1. The molecule has 1 amide bonds. The molecule has 1 N–H and O–H groups in total. The van der Waals surface area contributed by atoms with Crippen LogP contribution in [0.3, 0.4) is 0 Å². The first-order chi connectivity index (χ1) is 9.11. The van der Waals surface area contributed by atoms with Gasteiger partial charge in [-0.3, -0.25) is 9.59 Å². The Labute approximate surface area is 117 Å². The predicted molar refractivity (Wildman–Crippen MR) is 76.8 cm³/mol. The van der Waals surface area contributed by atoms with Crippen molar-refractivity contribution in [3.63, 3.8) is 0 Å². The maximum absolute atomic E-state index is 11.6. The maximum Gasteiger partial charge on any atom is 0.306 e.